The highest BCUT2D eigenvalue weighted by molar-refractivity contribution is 6.08. The van der Waals surface area contributed by atoms with Crippen LogP contribution in [-0.4, -0.2) is 26.0 Å². The number of ether oxygens (including phenoxy) is 2. The lowest BCUT2D eigenvalue weighted by Crippen LogP contribution is -2.22. The number of para-hydroxylation sites is 1. The Kier molecular flexibility index (Phi) is 6.00. The van der Waals surface area contributed by atoms with Crippen molar-refractivity contribution in [1.29, 1.82) is 0 Å². The molecule has 2 aromatic carbocycles. The number of nitrogens with one attached hydrogen (secondary N) is 2. The normalized spacial score (nSPS) is 10.1. The molecular formula is C19H22N2O4. The van der Waals surface area contributed by atoms with Crippen molar-refractivity contribution in [3.8, 4) is 11.5 Å². The molecule has 0 bridgehead atoms. The molecule has 2 N–H and O–H groups in total. The highest BCUT2D eigenvalue weighted by atomic mass is 16.5. The smallest absolute Gasteiger partial charge is 0.233 e. The third-order valence-corrected chi connectivity index (χ3v) is 3.73. The van der Waals surface area contributed by atoms with Crippen LogP contribution in [0.4, 0.5) is 11.4 Å². The summed E-state index contributed by atoms with van der Waals surface area (Å²) in [6.07, 6.45) is -0.276. The fraction of sp³-hybridized carbons (Fsp3) is 0.263. The molecule has 0 atom stereocenters. The van der Waals surface area contributed by atoms with Crippen molar-refractivity contribution in [2.24, 2.45) is 0 Å². The monoisotopic (exact) mass is 342 g/mol. The lowest BCUT2D eigenvalue weighted by atomic mass is 10.1. The molecule has 0 aliphatic rings. The Morgan fingerprint density at radius 3 is 2.08 bits per heavy atom. The van der Waals surface area contributed by atoms with Gasteiger partial charge in [-0.05, 0) is 37.1 Å². The topological polar surface area (TPSA) is 76.7 Å². The van der Waals surface area contributed by atoms with Gasteiger partial charge in [0.1, 0.15) is 6.42 Å². The van der Waals surface area contributed by atoms with E-state index in [4.69, 9.17) is 9.47 Å². The van der Waals surface area contributed by atoms with E-state index in [9.17, 15) is 9.59 Å². The molecule has 25 heavy (non-hydrogen) atoms. The number of carbonyl (C=O) groups is 2. The largest absolute Gasteiger partial charge is 0.493 e. The van der Waals surface area contributed by atoms with E-state index in [0.29, 0.717) is 17.2 Å². The van der Waals surface area contributed by atoms with Gasteiger partial charge in [0.25, 0.3) is 0 Å². The second kappa shape index (κ2) is 8.19. The van der Waals surface area contributed by atoms with Crippen molar-refractivity contribution in [3.05, 3.63) is 47.5 Å². The van der Waals surface area contributed by atoms with Crippen LogP contribution in [0.25, 0.3) is 0 Å². The summed E-state index contributed by atoms with van der Waals surface area (Å²) in [6, 6.07) is 10.7. The summed E-state index contributed by atoms with van der Waals surface area (Å²) in [6.45, 7) is 3.82. The fourth-order valence-electron chi connectivity index (χ4n) is 2.46. The average molecular weight is 342 g/mol. The summed E-state index contributed by atoms with van der Waals surface area (Å²) < 4.78 is 10.3. The lowest BCUT2D eigenvalue weighted by Gasteiger charge is -2.12. The van der Waals surface area contributed by atoms with Gasteiger partial charge in [-0.1, -0.05) is 18.2 Å². The summed E-state index contributed by atoms with van der Waals surface area (Å²) in [7, 11) is 3.05. The highest BCUT2D eigenvalue weighted by Gasteiger charge is 2.13. The molecule has 132 valence electrons. The molecule has 2 amide bonds. The van der Waals surface area contributed by atoms with Crippen molar-refractivity contribution < 1.29 is 19.1 Å². The van der Waals surface area contributed by atoms with Gasteiger partial charge in [0.2, 0.25) is 11.8 Å². The molecule has 2 aromatic rings. The molecule has 0 aromatic heterocycles. The molecule has 0 spiro atoms. The number of methoxy groups -OCH3 is 2. The van der Waals surface area contributed by atoms with Crippen molar-refractivity contribution in [2.75, 3.05) is 24.9 Å². The minimum atomic E-state index is -0.407. The van der Waals surface area contributed by atoms with Crippen molar-refractivity contribution in [1.82, 2.24) is 0 Å². The highest BCUT2D eigenvalue weighted by Crippen LogP contribution is 2.29. The minimum absolute atomic E-state index is 0.276. The number of hydrogen-bond donors (Lipinski definition) is 2. The van der Waals surface area contributed by atoms with Gasteiger partial charge in [0.15, 0.2) is 11.5 Å². The Morgan fingerprint density at radius 1 is 0.880 bits per heavy atom. The van der Waals surface area contributed by atoms with Crippen LogP contribution in [0.2, 0.25) is 0 Å². The van der Waals surface area contributed by atoms with Crippen LogP contribution in [0.1, 0.15) is 17.5 Å². The summed E-state index contributed by atoms with van der Waals surface area (Å²) in [4.78, 5) is 24.2. The lowest BCUT2D eigenvalue weighted by molar-refractivity contribution is -0.123. The van der Waals surface area contributed by atoms with Crippen LogP contribution < -0.4 is 20.1 Å². The van der Waals surface area contributed by atoms with Gasteiger partial charge in [-0.15, -0.1) is 0 Å². The molecule has 0 heterocycles. The van der Waals surface area contributed by atoms with Crippen LogP contribution >= 0.6 is 0 Å². The maximum absolute atomic E-state index is 12.1. The number of carbonyl (C=O) groups excluding carboxylic acids is 2. The Hall–Kier alpha value is -3.02. The minimum Gasteiger partial charge on any atom is -0.493 e. The van der Waals surface area contributed by atoms with E-state index in [1.54, 1.807) is 18.2 Å². The van der Waals surface area contributed by atoms with Crippen LogP contribution in [0, 0.1) is 13.8 Å². The Balaban J connectivity index is 1.99. The van der Waals surface area contributed by atoms with E-state index in [1.165, 1.54) is 14.2 Å². The Labute approximate surface area is 147 Å². The van der Waals surface area contributed by atoms with E-state index < -0.39 is 5.91 Å². The first-order valence-electron chi connectivity index (χ1n) is 7.82. The second-order valence-electron chi connectivity index (χ2n) is 5.61. The molecule has 6 nitrogen and oxygen atoms in total. The molecule has 6 heteroatoms. The van der Waals surface area contributed by atoms with E-state index in [-0.39, 0.29) is 12.3 Å². The molecular weight excluding hydrogens is 320 g/mol. The summed E-state index contributed by atoms with van der Waals surface area (Å²) in [5, 5.41) is 5.47. The van der Waals surface area contributed by atoms with Gasteiger partial charge >= 0.3 is 0 Å². The maximum atomic E-state index is 12.1. The van der Waals surface area contributed by atoms with Gasteiger partial charge in [-0.2, -0.15) is 0 Å². The van der Waals surface area contributed by atoms with E-state index in [0.717, 1.165) is 16.8 Å². The van der Waals surface area contributed by atoms with E-state index in [2.05, 4.69) is 10.6 Å². The molecule has 0 radical (unpaired) electrons. The zero-order valence-corrected chi connectivity index (χ0v) is 14.8. The van der Waals surface area contributed by atoms with Gasteiger partial charge in [-0.25, -0.2) is 0 Å². The number of hydrogen-bond acceptors (Lipinski definition) is 4. The third kappa shape index (κ3) is 4.73. The molecule has 0 fully saturated rings. The van der Waals surface area contributed by atoms with Gasteiger partial charge < -0.3 is 20.1 Å². The van der Waals surface area contributed by atoms with Gasteiger partial charge in [-0.3, -0.25) is 9.59 Å². The Morgan fingerprint density at radius 2 is 1.48 bits per heavy atom. The van der Waals surface area contributed by atoms with Crippen molar-refractivity contribution in [3.63, 3.8) is 0 Å². The summed E-state index contributed by atoms with van der Waals surface area (Å²) >= 11 is 0. The first kappa shape index (κ1) is 18.3. The van der Waals surface area contributed by atoms with Crippen molar-refractivity contribution in [2.45, 2.75) is 20.3 Å². The van der Waals surface area contributed by atoms with Gasteiger partial charge in [0, 0.05) is 17.4 Å². The summed E-state index contributed by atoms with van der Waals surface area (Å²) in [5.74, 6) is 0.292. The molecule has 2 rings (SSSR count). The van der Waals surface area contributed by atoms with Crippen LogP contribution in [0.15, 0.2) is 36.4 Å². The standard InChI is InChI=1S/C19H22N2O4/c1-12-6-5-7-13(2)19(12)21-18(23)11-17(22)20-14-8-9-15(24-3)16(10-14)25-4/h5-10H,11H2,1-4H3,(H,20,22)(H,21,23). The van der Waals surface area contributed by atoms with Gasteiger partial charge in [0.05, 0.1) is 14.2 Å². The van der Waals surface area contributed by atoms with E-state index >= 15 is 0 Å². The zero-order valence-electron chi connectivity index (χ0n) is 14.8. The fourth-order valence-corrected chi connectivity index (χ4v) is 2.46. The second-order valence-corrected chi connectivity index (χ2v) is 5.61. The SMILES string of the molecule is COc1ccc(NC(=O)CC(=O)Nc2c(C)cccc2C)cc1OC. The van der Waals surface area contributed by atoms with Crippen molar-refractivity contribution >= 4 is 23.2 Å². The zero-order chi connectivity index (χ0) is 18.4. The van der Waals surface area contributed by atoms with E-state index in [1.807, 2.05) is 32.0 Å². The molecule has 0 aliphatic carbocycles. The number of aryl methyl sites for hydroxylation is 2. The first-order valence-corrected chi connectivity index (χ1v) is 7.82. The number of anilines is 2. The molecule has 0 saturated carbocycles. The average Bonchev–Trinajstić information content (AvgIpc) is 2.58. The quantitative estimate of drug-likeness (QED) is 0.790. The summed E-state index contributed by atoms with van der Waals surface area (Å²) in [5.41, 5.74) is 3.18. The first-order chi connectivity index (χ1) is 11.9. The number of amides is 2. The third-order valence-electron chi connectivity index (χ3n) is 3.73. The predicted molar refractivity (Wildman–Crippen MR) is 97.3 cm³/mol. The molecule has 0 aliphatic heterocycles. The molecule has 0 saturated heterocycles. The van der Waals surface area contributed by atoms with Crippen LogP contribution in [0.5, 0.6) is 11.5 Å². The maximum Gasteiger partial charge on any atom is 0.233 e. The Bertz CT molecular complexity index is 767. The molecule has 0 unspecified atom stereocenters. The predicted octanol–water partition coefficient (Wildman–Crippen LogP) is 3.29. The number of rotatable bonds is 6. The number of benzene rings is 2. The van der Waals surface area contributed by atoms with Crippen LogP contribution in [0.3, 0.4) is 0 Å². The van der Waals surface area contributed by atoms with Crippen LogP contribution in [-0.2, 0) is 9.59 Å².